The molecule has 178 valence electrons. The first-order valence-corrected chi connectivity index (χ1v) is 9.87. The fourth-order valence-corrected chi connectivity index (χ4v) is 2.77. The van der Waals surface area contributed by atoms with Crippen LogP contribution in [0.4, 0.5) is 14.6 Å². The molecule has 0 bridgehead atoms. The molecule has 0 radical (unpaired) electrons. The Kier molecular flexibility index (Phi) is 10.8. The molecule has 1 aliphatic rings. The van der Waals surface area contributed by atoms with Crippen LogP contribution >= 0.6 is 0 Å². The highest BCUT2D eigenvalue weighted by Crippen LogP contribution is 2.27. The number of alkyl halides is 2. The standard InChI is InChI=1S/C18H30F2N4O7/c19-18(20,11-30-6-5-29-4-3-28-2-1-21)14-7-22-8-15(24-14)23-12-10-31-13(9-25)17(27)16(12)26/h7-8,12-13,16-17,25-27H,1-6,9-11,21H2,(H,23,24)/t12-,13+,16+,17-/m0/s1. The molecule has 0 aromatic carbocycles. The number of nitrogens with zero attached hydrogens (tertiary/aromatic N) is 2. The zero-order valence-corrected chi connectivity index (χ0v) is 17.0. The van der Waals surface area contributed by atoms with Crippen LogP contribution in [-0.2, 0) is 24.9 Å². The fourth-order valence-electron chi connectivity index (χ4n) is 2.77. The van der Waals surface area contributed by atoms with Gasteiger partial charge in [0.2, 0.25) is 0 Å². The van der Waals surface area contributed by atoms with Crippen molar-refractivity contribution in [3.05, 3.63) is 18.1 Å². The molecule has 0 spiro atoms. The maximum atomic E-state index is 14.4. The molecule has 0 aliphatic carbocycles. The van der Waals surface area contributed by atoms with Crippen molar-refractivity contribution in [1.29, 1.82) is 0 Å². The second-order valence-electron chi connectivity index (χ2n) is 6.85. The Morgan fingerprint density at radius 3 is 2.45 bits per heavy atom. The van der Waals surface area contributed by atoms with E-state index in [2.05, 4.69) is 15.3 Å². The molecule has 2 heterocycles. The molecule has 1 fully saturated rings. The zero-order valence-electron chi connectivity index (χ0n) is 17.0. The van der Waals surface area contributed by atoms with E-state index in [4.69, 9.17) is 29.8 Å². The summed E-state index contributed by atoms with van der Waals surface area (Å²) in [5.74, 6) is -3.43. The van der Waals surface area contributed by atoms with E-state index in [0.29, 0.717) is 26.4 Å². The number of hydrogen-bond donors (Lipinski definition) is 5. The molecule has 4 atom stereocenters. The quantitative estimate of drug-likeness (QED) is 0.208. The van der Waals surface area contributed by atoms with Crippen molar-refractivity contribution in [3.8, 4) is 0 Å². The number of nitrogens with two attached hydrogens (primary N) is 1. The van der Waals surface area contributed by atoms with Gasteiger partial charge in [-0.25, -0.2) is 4.98 Å². The van der Waals surface area contributed by atoms with Crippen molar-refractivity contribution in [3.63, 3.8) is 0 Å². The summed E-state index contributed by atoms with van der Waals surface area (Å²) in [5, 5.41) is 31.9. The average Bonchev–Trinajstić information content (AvgIpc) is 2.76. The largest absolute Gasteiger partial charge is 0.394 e. The Bertz CT molecular complexity index is 647. The number of nitrogens with one attached hydrogen (secondary N) is 1. The monoisotopic (exact) mass is 452 g/mol. The minimum Gasteiger partial charge on any atom is -0.394 e. The number of anilines is 1. The van der Waals surface area contributed by atoms with Gasteiger partial charge in [0, 0.05) is 6.54 Å². The van der Waals surface area contributed by atoms with E-state index in [1.165, 1.54) is 6.20 Å². The smallest absolute Gasteiger partial charge is 0.314 e. The third kappa shape index (κ3) is 8.12. The van der Waals surface area contributed by atoms with Gasteiger partial charge < -0.3 is 45.3 Å². The third-order valence-electron chi connectivity index (χ3n) is 4.44. The Morgan fingerprint density at radius 1 is 1.10 bits per heavy atom. The van der Waals surface area contributed by atoms with Gasteiger partial charge in [-0.15, -0.1) is 0 Å². The lowest BCUT2D eigenvalue weighted by Gasteiger charge is -2.37. The van der Waals surface area contributed by atoms with Crippen molar-refractivity contribution < 1.29 is 43.0 Å². The molecule has 0 amide bonds. The molecule has 2 rings (SSSR count). The van der Waals surface area contributed by atoms with Crippen molar-refractivity contribution in [2.45, 2.75) is 30.3 Å². The van der Waals surface area contributed by atoms with Crippen LogP contribution in [0.25, 0.3) is 0 Å². The molecule has 1 saturated heterocycles. The molecule has 6 N–H and O–H groups in total. The Hall–Kier alpha value is -1.58. The Balaban J connectivity index is 1.79. The van der Waals surface area contributed by atoms with E-state index in [1.54, 1.807) is 0 Å². The molecule has 11 nitrogen and oxygen atoms in total. The van der Waals surface area contributed by atoms with Crippen LogP contribution in [0.3, 0.4) is 0 Å². The van der Waals surface area contributed by atoms with Crippen molar-refractivity contribution in [2.75, 3.05) is 64.7 Å². The zero-order chi connectivity index (χ0) is 22.7. The maximum Gasteiger partial charge on any atom is 0.314 e. The van der Waals surface area contributed by atoms with Gasteiger partial charge in [-0.1, -0.05) is 0 Å². The number of rotatable bonds is 14. The van der Waals surface area contributed by atoms with Gasteiger partial charge in [-0.3, -0.25) is 4.98 Å². The Morgan fingerprint density at radius 2 is 1.77 bits per heavy atom. The maximum absolute atomic E-state index is 14.4. The predicted molar refractivity (Wildman–Crippen MR) is 104 cm³/mol. The minimum atomic E-state index is -3.40. The fraction of sp³-hybridized carbons (Fsp3) is 0.778. The summed E-state index contributed by atoms with van der Waals surface area (Å²) < 4.78 is 49.3. The molecular weight excluding hydrogens is 422 g/mol. The number of halogens is 2. The lowest BCUT2D eigenvalue weighted by atomic mass is 9.98. The lowest BCUT2D eigenvalue weighted by Crippen LogP contribution is -2.56. The van der Waals surface area contributed by atoms with Crippen LogP contribution < -0.4 is 11.1 Å². The second kappa shape index (κ2) is 13.1. The molecular formula is C18H30F2N4O7. The molecule has 13 heteroatoms. The first-order valence-electron chi connectivity index (χ1n) is 9.87. The summed E-state index contributed by atoms with van der Waals surface area (Å²) in [6, 6.07) is -0.821. The van der Waals surface area contributed by atoms with E-state index in [1.807, 2.05) is 0 Å². The molecule has 1 aromatic heterocycles. The normalized spacial score (nSPS) is 24.3. The predicted octanol–water partition coefficient (Wildman–Crippen LogP) is -1.53. The van der Waals surface area contributed by atoms with E-state index in [9.17, 15) is 19.0 Å². The van der Waals surface area contributed by atoms with E-state index in [0.717, 1.165) is 6.20 Å². The highest BCUT2D eigenvalue weighted by molar-refractivity contribution is 5.35. The van der Waals surface area contributed by atoms with Crippen LogP contribution in [0.1, 0.15) is 5.69 Å². The summed E-state index contributed by atoms with van der Waals surface area (Å²) in [6.45, 7) is 0.177. The number of aromatic nitrogens is 2. The number of aliphatic hydroxyl groups excluding tert-OH is 3. The van der Waals surface area contributed by atoms with Crippen LogP contribution in [0.15, 0.2) is 12.4 Å². The van der Waals surface area contributed by atoms with Crippen LogP contribution in [-0.4, -0.2) is 109 Å². The van der Waals surface area contributed by atoms with E-state index in [-0.39, 0.29) is 25.6 Å². The summed E-state index contributed by atoms with van der Waals surface area (Å²) in [4.78, 5) is 7.59. The van der Waals surface area contributed by atoms with Gasteiger partial charge in [0.25, 0.3) is 0 Å². The lowest BCUT2D eigenvalue weighted by molar-refractivity contribution is -0.152. The van der Waals surface area contributed by atoms with Gasteiger partial charge in [0.1, 0.15) is 36.4 Å². The van der Waals surface area contributed by atoms with Gasteiger partial charge in [-0.2, -0.15) is 8.78 Å². The summed E-state index contributed by atoms with van der Waals surface area (Å²) >= 11 is 0. The number of ether oxygens (including phenoxy) is 4. The highest BCUT2D eigenvalue weighted by atomic mass is 19.3. The molecule has 0 saturated carbocycles. The summed E-state index contributed by atoms with van der Waals surface area (Å²) in [5.41, 5.74) is 4.65. The van der Waals surface area contributed by atoms with Crippen molar-refractivity contribution in [1.82, 2.24) is 9.97 Å². The van der Waals surface area contributed by atoms with Crippen LogP contribution in [0.2, 0.25) is 0 Å². The van der Waals surface area contributed by atoms with E-state index < -0.39 is 49.2 Å². The number of aliphatic hydroxyl groups is 3. The van der Waals surface area contributed by atoms with Crippen LogP contribution in [0.5, 0.6) is 0 Å². The summed E-state index contributed by atoms with van der Waals surface area (Å²) in [7, 11) is 0. The first-order chi connectivity index (χ1) is 14.9. The molecule has 1 aliphatic heterocycles. The van der Waals surface area contributed by atoms with Gasteiger partial charge in [-0.05, 0) is 0 Å². The average molecular weight is 452 g/mol. The topological polar surface area (TPSA) is 161 Å². The minimum absolute atomic E-state index is 0.0275. The van der Waals surface area contributed by atoms with Crippen molar-refractivity contribution in [2.24, 2.45) is 5.73 Å². The van der Waals surface area contributed by atoms with E-state index >= 15 is 0 Å². The SMILES string of the molecule is NCCOCCOCCOCC(F)(F)c1cncc(N[C@H]2CO[C@H](CO)[C@H](O)[C@@H]2O)n1. The molecule has 1 aromatic rings. The van der Waals surface area contributed by atoms with Crippen molar-refractivity contribution >= 4 is 5.82 Å². The van der Waals surface area contributed by atoms with Crippen LogP contribution in [0, 0.1) is 0 Å². The highest BCUT2D eigenvalue weighted by Gasteiger charge is 2.39. The van der Waals surface area contributed by atoms with Gasteiger partial charge >= 0.3 is 5.92 Å². The second-order valence-corrected chi connectivity index (χ2v) is 6.85. The molecule has 0 unspecified atom stereocenters. The first kappa shape index (κ1) is 25.7. The summed E-state index contributed by atoms with van der Waals surface area (Å²) in [6.07, 6.45) is -1.42. The third-order valence-corrected chi connectivity index (χ3v) is 4.44. The van der Waals surface area contributed by atoms with Gasteiger partial charge in [0.05, 0.1) is 64.7 Å². The Labute approximate surface area is 178 Å². The number of hydrogen-bond acceptors (Lipinski definition) is 11. The molecule has 31 heavy (non-hydrogen) atoms. The van der Waals surface area contributed by atoms with Gasteiger partial charge in [0.15, 0.2) is 0 Å².